The van der Waals surface area contributed by atoms with E-state index in [1.807, 2.05) is 41.1 Å². The topological polar surface area (TPSA) is 59.3 Å². The third-order valence-electron chi connectivity index (χ3n) is 2.70. The third-order valence-corrected chi connectivity index (χ3v) is 4.06. The molecule has 0 saturated heterocycles. The molecule has 5 nitrogen and oxygen atoms in total. The Balaban J connectivity index is 1.88. The molecule has 1 aromatic carbocycles. The van der Waals surface area contributed by atoms with Gasteiger partial charge in [0.05, 0.1) is 0 Å². The number of aromatic nitrogens is 3. The van der Waals surface area contributed by atoms with Crippen molar-refractivity contribution in [3.05, 3.63) is 47.5 Å². The maximum atomic E-state index is 11.0. The van der Waals surface area contributed by atoms with Crippen LogP contribution in [0.5, 0.6) is 0 Å². The number of carbonyl (C=O) groups excluding carboxylic acids is 1. The van der Waals surface area contributed by atoms with Gasteiger partial charge >= 0.3 is 0 Å². The van der Waals surface area contributed by atoms with Gasteiger partial charge in [-0.25, -0.2) is 9.97 Å². The van der Waals surface area contributed by atoms with Gasteiger partial charge in [-0.3, -0.25) is 4.79 Å². The summed E-state index contributed by atoms with van der Waals surface area (Å²) in [5, 5.41) is 3.56. The monoisotopic (exact) mass is 362 g/mol. The van der Waals surface area contributed by atoms with Crippen molar-refractivity contribution in [3.63, 3.8) is 0 Å². The first-order valence-corrected chi connectivity index (χ1v) is 7.77. The summed E-state index contributed by atoms with van der Waals surface area (Å²) in [6.45, 7) is 1.49. The van der Waals surface area contributed by atoms with Gasteiger partial charge in [0.1, 0.15) is 9.63 Å². The summed E-state index contributed by atoms with van der Waals surface area (Å²) in [6, 6.07) is 7.62. The average molecular weight is 363 g/mol. The lowest BCUT2D eigenvalue weighted by atomic mass is 10.3. The molecule has 21 heavy (non-hydrogen) atoms. The number of anilines is 1. The molecule has 0 atom stereocenters. The Kier molecular flexibility index (Phi) is 3.94. The van der Waals surface area contributed by atoms with Gasteiger partial charge in [0, 0.05) is 36.1 Å². The molecule has 0 saturated carbocycles. The maximum Gasteiger partial charge on any atom is 0.221 e. The third kappa shape index (κ3) is 3.25. The summed E-state index contributed by atoms with van der Waals surface area (Å²) in [4.78, 5) is 20.8. The number of imidazole rings is 1. The molecule has 3 aromatic rings. The van der Waals surface area contributed by atoms with Gasteiger partial charge in [-0.2, -0.15) is 0 Å². The molecule has 0 aliphatic carbocycles. The zero-order chi connectivity index (χ0) is 14.8. The molecule has 1 amide bonds. The van der Waals surface area contributed by atoms with Crippen LogP contribution in [0.3, 0.4) is 0 Å². The quantitative estimate of drug-likeness (QED) is 0.773. The Morgan fingerprint density at radius 3 is 2.81 bits per heavy atom. The molecule has 106 valence electrons. The number of amides is 1. The van der Waals surface area contributed by atoms with Crippen molar-refractivity contribution < 1.29 is 4.79 Å². The first-order valence-electron chi connectivity index (χ1n) is 6.16. The Hall–Kier alpha value is -1.86. The highest BCUT2D eigenvalue weighted by atomic mass is 79.9. The number of benzene rings is 1. The average Bonchev–Trinajstić information content (AvgIpc) is 2.88. The fourth-order valence-corrected chi connectivity index (χ4v) is 3.27. The van der Waals surface area contributed by atoms with Crippen LogP contribution < -0.4 is 5.32 Å². The van der Waals surface area contributed by atoms with Crippen molar-refractivity contribution in [2.45, 2.75) is 16.8 Å². The van der Waals surface area contributed by atoms with Crippen LogP contribution in [-0.4, -0.2) is 20.3 Å². The molecular formula is C14H11BrN4OS. The second kappa shape index (κ2) is 5.87. The molecule has 3 rings (SSSR count). The zero-order valence-electron chi connectivity index (χ0n) is 11.1. The van der Waals surface area contributed by atoms with E-state index in [1.165, 1.54) is 18.7 Å². The predicted molar refractivity (Wildman–Crippen MR) is 85.6 cm³/mol. The van der Waals surface area contributed by atoms with E-state index in [1.54, 1.807) is 6.20 Å². The standard InChI is InChI=1S/C14H11BrN4OS/c1-9(20)17-10-2-4-11(5-3-10)21-14-13-16-6-7-19(13)8-12(15)18-14/h2-8H,1H3,(H,17,20). The number of rotatable bonds is 3. The Bertz CT molecular complexity index is 800. The summed E-state index contributed by atoms with van der Waals surface area (Å²) >= 11 is 4.93. The lowest BCUT2D eigenvalue weighted by molar-refractivity contribution is -0.114. The van der Waals surface area contributed by atoms with Gasteiger partial charge in [-0.1, -0.05) is 11.8 Å². The molecule has 1 N–H and O–H groups in total. The largest absolute Gasteiger partial charge is 0.326 e. The van der Waals surface area contributed by atoms with Crippen LogP contribution in [0, 0.1) is 0 Å². The van der Waals surface area contributed by atoms with Crippen molar-refractivity contribution in [1.29, 1.82) is 0 Å². The fourth-order valence-electron chi connectivity index (χ4n) is 1.86. The SMILES string of the molecule is CC(=O)Nc1ccc(Sc2nc(Br)cn3ccnc23)cc1. The maximum absolute atomic E-state index is 11.0. The van der Waals surface area contributed by atoms with Gasteiger partial charge in [0.25, 0.3) is 0 Å². The molecule has 0 unspecified atom stereocenters. The van der Waals surface area contributed by atoms with E-state index >= 15 is 0 Å². The highest BCUT2D eigenvalue weighted by molar-refractivity contribution is 9.10. The minimum atomic E-state index is -0.0804. The van der Waals surface area contributed by atoms with E-state index in [-0.39, 0.29) is 5.91 Å². The molecular weight excluding hydrogens is 352 g/mol. The predicted octanol–water partition coefficient (Wildman–Crippen LogP) is 3.60. The van der Waals surface area contributed by atoms with Crippen molar-refractivity contribution in [1.82, 2.24) is 14.4 Å². The van der Waals surface area contributed by atoms with Crippen molar-refractivity contribution in [2.75, 3.05) is 5.32 Å². The Morgan fingerprint density at radius 2 is 2.10 bits per heavy atom. The van der Waals surface area contributed by atoms with E-state index in [0.29, 0.717) is 0 Å². The van der Waals surface area contributed by atoms with Crippen molar-refractivity contribution in [3.8, 4) is 0 Å². The number of halogens is 1. The highest BCUT2D eigenvalue weighted by Crippen LogP contribution is 2.30. The van der Waals surface area contributed by atoms with Gasteiger partial charge < -0.3 is 9.72 Å². The summed E-state index contributed by atoms with van der Waals surface area (Å²) < 4.78 is 2.68. The van der Waals surface area contributed by atoms with E-state index in [0.717, 1.165) is 25.9 Å². The van der Waals surface area contributed by atoms with E-state index in [2.05, 4.69) is 31.2 Å². The number of fused-ring (bicyclic) bond motifs is 1. The van der Waals surface area contributed by atoms with Crippen LogP contribution in [0.15, 0.2) is 57.4 Å². The van der Waals surface area contributed by atoms with Crippen LogP contribution >= 0.6 is 27.7 Å². The second-order valence-corrected chi connectivity index (χ2v) is 6.21. The molecule has 0 aliphatic heterocycles. The molecule has 0 aliphatic rings. The van der Waals surface area contributed by atoms with Gasteiger partial charge in [-0.15, -0.1) is 0 Å². The molecule has 0 fully saturated rings. The second-order valence-electron chi connectivity index (χ2n) is 4.33. The number of hydrogen-bond donors (Lipinski definition) is 1. The highest BCUT2D eigenvalue weighted by Gasteiger charge is 2.08. The Morgan fingerprint density at radius 1 is 1.33 bits per heavy atom. The van der Waals surface area contributed by atoms with E-state index in [9.17, 15) is 4.79 Å². The number of carbonyl (C=O) groups is 1. The number of nitrogens with one attached hydrogen (secondary N) is 1. The molecule has 0 bridgehead atoms. The van der Waals surface area contributed by atoms with Gasteiger partial charge in [-0.05, 0) is 40.2 Å². The first kappa shape index (κ1) is 14.1. The lowest BCUT2D eigenvalue weighted by Gasteiger charge is -2.06. The zero-order valence-corrected chi connectivity index (χ0v) is 13.5. The number of nitrogens with zero attached hydrogens (tertiary/aromatic N) is 3. The van der Waals surface area contributed by atoms with Gasteiger partial charge in [0.2, 0.25) is 5.91 Å². The molecule has 2 aromatic heterocycles. The Labute approximate surface area is 133 Å². The first-order chi connectivity index (χ1) is 10.1. The molecule has 0 spiro atoms. The fraction of sp³-hybridized carbons (Fsp3) is 0.0714. The normalized spacial score (nSPS) is 10.8. The van der Waals surface area contributed by atoms with Crippen molar-refractivity contribution in [2.24, 2.45) is 0 Å². The summed E-state index contributed by atoms with van der Waals surface area (Å²) in [5.74, 6) is -0.0804. The lowest BCUT2D eigenvalue weighted by Crippen LogP contribution is -2.05. The number of hydrogen-bond acceptors (Lipinski definition) is 4. The van der Waals surface area contributed by atoms with E-state index < -0.39 is 0 Å². The van der Waals surface area contributed by atoms with Crippen LogP contribution in [0.1, 0.15) is 6.92 Å². The van der Waals surface area contributed by atoms with Crippen LogP contribution in [-0.2, 0) is 4.79 Å². The summed E-state index contributed by atoms with van der Waals surface area (Å²) in [5.41, 5.74) is 1.59. The van der Waals surface area contributed by atoms with Crippen LogP contribution in [0.2, 0.25) is 0 Å². The van der Waals surface area contributed by atoms with E-state index in [4.69, 9.17) is 0 Å². The molecule has 0 radical (unpaired) electrons. The summed E-state index contributed by atoms with van der Waals surface area (Å²) in [7, 11) is 0. The minimum absolute atomic E-state index is 0.0804. The van der Waals surface area contributed by atoms with Gasteiger partial charge in [0.15, 0.2) is 5.65 Å². The van der Waals surface area contributed by atoms with Crippen LogP contribution in [0.25, 0.3) is 5.65 Å². The minimum Gasteiger partial charge on any atom is -0.326 e. The summed E-state index contributed by atoms with van der Waals surface area (Å²) in [6.07, 6.45) is 5.49. The van der Waals surface area contributed by atoms with Crippen molar-refractivity contribution >= 4 is 44.9 Å². The molecule has 2 heterocycles. The van der Waals surface area contributed by atoms with Crippen LogP contribution in [0.4, 0.5) is 5.69 Å². The molecule has 7 heteroatoms. The smallest absolute Gasteiger partial charge is 0.221 e.